The second-order valence-electron chi connectivity index (χ2n) is 7.88. The summed E-state index contributed by atoms with van der Waals surface area (Å²) in [4.78, 5) is 15.7. The summed E-state index contributed by atoms with van der Waals surface area (Å²) < 4.78 is 0. The van der Waals surface area contributed by atoms with Crippen molar-refractivity contribution in [1.29, 1.82) is 0 Å². The van der Waals surface area contributed by atoms with Crippen LogP contribution in [0.25, 0.3) is 0 Å². The molecule has 0 radical (unpaired) electrons. The lowest BCUT2D eigenvalue weighted by atomic mass is 9.92. The molecule has 0 heterocycles. The van der Waals surface area contributed by atoms with Gasteiger partial charge in [0.15, 0.2) is 0 Å². The Morgan fingerprint density at radius 2 is 1.61 bits per heavy atom. The molecule has 4 bridgehead atoms. The lowest BCUT2D eigenvalue weighted by molar-refractivity contribution is -0.414. The molecular formula is C23H25N3O2. The van der Waals surface area contributed by atoms with Crippen molar-refractivity contribution in [2.45, 2.75) is 27.7 Å². The van der Waals surface area contributed by atoms with Crippen molar-refractivity contribution in [2.75, 3.05) is 0 Å². The maximum absolute atomic E-state index is 11.6. The van der Waals surface area contributed by atoms with Gasteiger partial charge in [-0.1, -0.05) is 75.3 Å². The molecule has 0 saturated carbocycles. The molecule has 4 aliphatic carbocycles. The normalized spacial score (nSPS) is 31.1. The topological polar surface area (TPSA) is 67.5 Å². The summed E-state index contributed by atoms with van der Waals surface area (Å²) in [6, 6.07) is 0. The number of rotatable bonds is 5. The molecule has 4 atom stereocenters. The van der Waals surface area contributed by atoms with Crippen LogP contribution in [0.3, 0.4) is 0 Å². The number of nitro groups is 1. The molecule has 0 spiro atoms. The van der Waals surface area contributed by atoms with Gasteiger partial charge in [-0.15, -0.1) is 0 Å². The van der Waals surface area contributed by atoms with E-state index in [9.17, 15) is 10.1 Å². The fourth-order valence-electron chi connectivity index (χ4n) is 4.77. The number of nitrogens with zero attached hydrogens (tertiary/aromatic N) is 2. The van der Waals surface area contributed by atoms with E-state index in [4.69, 9.17) is 0 Å². The summed E-state index contributed by atoms with van der Waals surface area (Å²) in [6.45, 7) is 8.57. The van der Waals surface area contributed by atoms with Gasteiger partial charge in [-0.3, -0.25) is 15.1 Å². The second-order valence-corrected chi connectivity index (χ2v) is 7.88. The number of fused-ring (bicyclic) bond motifs is 4. The summed E-state index contributed by atoms with van der Waals surface area (Å²) in [5.74, 6) is 1.11. The van der Waals surface area contributed by atoms with Gasteiger partial charge in [0, 0.05) is 29.4 Å². The Morgan fingerprint density at radius 3 is 2.21 bits per heavy atom. The first kappa shape index (κ1) is 18.4. The van der Waals surface area contributed by atoms with Crippen LogP contribution in [0, 0.1) is 33.8 Å². The zero-order valence-corrected chi connectivity index (χ0v) is 16.6. The molecule has 5 nitrogen and oxygen atoms in total. The predicted octanol–water partition coefficient (Wildman–Crippen LogP) is 4.84. The molecule has 4 rings (SSSR count). The van der Waals surface area contributed by atoms with E-state index in [1.165, 1.54) is 29.1 Å². The zero-order valence-electron chi connectivity index (χ0n) is 16.6. The molecule has 1 N–H and O–H groups in total. The first-order valence-corrected chi connectivity index (χ1v) is 9.79. The predicted molar refractivity (Wildman–Crippen MR) is 112 cm³/mol. The van der Waals surface area contributed by atoms with Gasteiger partial charge >= 0.3 is 5.70 Å². The molecule has 0 saturated heterocycles. The SMILES string of the molecule is CC1C2=CC=CC1=C(N=C/C(=C\NC1=C3C=CC=C(C3C)[C@@H]1C)[N+](=O)[O-])[C@H]2C. The smallest absolute Gasteiger partial charge is 0.303 e. The number of hydrogen-bond acceptors (Lipinski definition) is 4. The maximum atomic E-state index is 11.6. The Labute approximate surface area is 165 Å². The largest absolute Gasteiger partial charge is 0.359 e. The highest BCUT2D eigenvalue weighted by atomic mass is 16.6. The molecule has 0 aromatic rings. The third-order valence-electron chi connectivity index (χ3n) is 6.43. The Morgan fingerprint density at radius 1 is 1.00 bits per heavy atom. The molecule has 0 aromatic carbocycles. The first-order valence-electron chi connectivity index (χ1n) is 9.79. The van der Waals surface area contributed by atoms with Crippen LogP contribution in [0.4, 0.5) is 0 Å². The number of nitrogens with one attached hydrogen (secondary N) is 1. The highest BCUT2D eigenvalue weighted by molar-refractivity contribution is 5.77. The molecule has 0 fully saturated rings. The van der Waals surface area contributed by atoms with E-state index in [1.807, 2.05) is 12.2 Å². The minimum Gasteiger partial charge on any atom is -0.359 e. The quantitative estimate of drug-likeness (QED) is 0.425. The van der Waals surface area contributed by atoms with Gasteiger partial charge < -0.3 is 5.32 Å². The summed E-state index contributed by atoms with van der Waals surface area (Å²) >= 11 is 0. The highest BCUT2D eigenvalue weighted by Crippen LogP contribution is 2.44. The first-order chi connectivity index (χ1) is 13.4. The van der Waals surface area contributed by atoms with Crippen LogP contribution in [0.5, 0.6) is 0 Å². The van der Waals surface area contributed by atoms with Crippen molar-refractivity contribution in [3.05, 3.63) is 92.2 Å². The fourth-order valence-corrected chi connectivity index (χ4v) is 4.77. The van der Waals surface area contributed by atoms with Crippen LogP contribution in [0.1, 0.15) is 27.7 Å². The maximum Gasteiger partial charge on any atom is 0.303 e. The van der Waals surface area contributed by atoms with Gasteiger partial charge in [0.05, 0.1) is 16.8 Å². The van der Waals surface area contributed by atoms with Gasteiger partial charge in [-0.2, -0.15) is 0 Å². The van der Waals surface area contributed by atoms with E-state index >= 15 is 0 Å². The van der Waals surface area contributed by atoms with E-state index < -0.39 is 0 Å². The molecule has 0 aromatic heterocycles. The summed E-state index contributed by atoms with van der Waals surface area (Å²) in [7, 11) is 0. The van der Waals surface area contributed by atoms with Crippen LogP contribution in [-0.4, -0.2) is 11.1 Å². The molecule has 28 heavy (non-hydrogen) atoms. The summed E-state index contributed by atoms with van der Waals surface area (Å²) in [5, 5.41) is 14.8. The lowest BCUT2D eigenvalue weighted by Crippen LogP contribution is -2.14. The molecule has 4 aliphatic rings. The Kier molecular flexibility index (Phi) is 4.53. The lowest BCUT2D eigenvalue weighted by Gasteiger charge is -2.13. The van der Waals surface area contributed by atoms with Crippen LogP contribution >= 0.6 is 0 Å². The second kappa shape index (κ2) is 6.89. The molecule has 0 aliphatic heterocycles. The average molecular weight is 375 g/mol. The standard InChI is InChI=1S/C23H25N3O2/c1-13-18-7-5-9-20(13)22(15(18)3)24-11-17(26(27)28)12-25-23-16(4)19-8-6-10-21(23)14(19)2/h5-16,24H,1-4H3/b17-11+,25-12?/t13?,14?,15-,16-/m0/s1. The van der Waals surface area contributed by atoms with Crippen LogP contribution in [-0.2, 0) is 0 Å². The highest BCUT2D eigenvalue weighted by Gasteiger charge is 2.34. The van der Waals surface area contributed by atoms with Crippen LogP contribution in [0.15, 0.2) is 87.0 Å². The average Bonchev–Trinajstić information content (AvgIpc) is 2.87. The summed E-state index contributed by atoms with van der Waals surface area (Å²) in [5.41, 5.74) is 6.95. The Bertz CT molecular complexity index is 985. The Hall–Kier alpha value is -2.95. The van der Waals surface area contributed by atoms with Gasteiger partial charge in [0.25, 0.3) is 0 Å². The van der Waals surface area contributed by atoms with Gasteiger partial charge in [-0.25, -0.2) is 0 Å². The minimum atomic E-state index is -0.387. The monoisotopic (exact) mass is 375 g/mol. The molecule has 144 valence electrons. The minimum absolute atomic E-state index is 0.0419. The molecular weight excluding hydrogens is 350 g/mol. The van der Waals surface area contributed by atoms with Crippen molar-refractivity contribution < 1.29 is 4.92 Å². The molecule has 2 unspecified atom stereocenters. The number of allylic oxidation sites excluding steroid dienone is 11. The van der Waals surface area contributed by atoms with E-state index in [0.717, 1.165) is 17.0 Å². The van der Waals surface area contributed by atoms with Crippen molar-refractivity contribution in [2.24, 2.45) is 28.7 Å². The zero-order chi connectivity index (χ0) is 20.0. The summed E-state index contributed by atoms with van der Waals surface area (Å²) in [6.07, 6.45) is 15.4. The van der Waals surface area contributed by atoms with E-state index in [0.29, 0.717) is 11.8 Å². The van der Waals surface area contributed by atoms with Crippen molar-refractivity contribution in [1.82, 2.24) is 5.32 Å². The molecule has 0 amide bonds. The van der Waals surface area contributed by atoms with E-state index in [-0.39, 0.29) is 22.5 Å². The third kappa shape index (κ3) is 2.82. The van der Waals surface area contributed by atoms with Crippen LogP contribution < -0.4 is 5.32 Å². The fraction of sp³-hybridized carbons (Fsp3) is 0.348. The molecule has 5 heteroatoms. The van der Waals surface area contributed by atoms with E-state index in [2.05, 4.69) is 62.3 Å². The van der Waals surface area contributed by atoms with Crippen molar-refractivity contribution in [3.8, 4) is 0 Å². The number of aliphatic imine (C=N–C) groups is 1. The van der Waals surface area contributed by atoms with Crippen molar-refractivity contribution in [3.63, 3.8) is 0 Å². The Balaban J connectivity index is 1.60. The van der Waals surface area contributed by atoms with E-state index in [1.54, 1.807) is 0 Å². The van der Waals surface area contributed by atoms with Gasteiger partial charge in [0.1, 0.15) is 6.21 Å². The van der Waals surface area contributed by atoms with Crippen molar-refractivity contribution >= 4 is 6.21 Å². The van der Waals surface area contributed by atoms with Gasteiger partial charge in [0.2, 0.25) is 0 Å². The number of hydrogen-bond donors (Lipinski definition) is 1. The van der Waals surface area contributed by atoms with Gasteiger partial charge in [-0.05, 0) is 11.1 Å². The van der Waals surface area contributed by atoms with Crippen LogP contribution in [0.2, 0.25) is 0 Å². The third-order valence-corrected chi connectivity index (χ3v) is 6.43.